The number of halogens is 1. The Hall–Kier alpha value is -1.79. The molecule has 1 aliphatic rings. The van der Waals surface area contributed by atoms with Crippen LogP contribution in [-0.2, 0) is 11.3 Å². The number of hydrogen-bond acceptors (Lipinski definition) is 5. The molecule has 0 bridgehead atoms. The average molecular weight is 392 g/mol. The summed E-state index contributed by atoms with van der Waals surface area (Å²) in [5.41, 5.74) is 2.08. The molecular weight excluding hydrogens is 366 g/mol. The number of ether oxygens (including phenoxy) is 3. The average Bonchev–Trinajstić information content (AvgIpc) is 2.70. The van der Waals surface area contributed by atoms with E-state index in [0.717, 1.165) is 17.7 Å². The van der Waals surface area contributed by atoms with Crippen LogP contribution in [0.4, 0.5) is 0 Å². The second-order valence-electron chi connectivity index (χ2n) is 6.45. The zero-order valence-electron chi connectivity index (χ0n) is 15.7. The van der Waals surface area contributed by atoms with E-state index in [1.165, 1.54) is 0 Å². The van der Waals surface area contributed by atoms with E-state index in [4.69, 9.17) is 25.8 Å². The maximum absolute atomic E-state index is 9.83. The highest BCUT2D eigenvalue weighted by Gasteiger charge is 2.33. The predicted molar refractivity (Wildman–Crippen MR) is 106 cm³/mol. The third-order valence-corrected chi connectivity index (χ3v) is 5.13. The van der Waals surface area contributed by atoms with E-state index in [1.807, 2.05) is 31.2 Å². The molecule has 27 heavy (non-hydrogen) atoms. The van der Waals surface area contributed by atoms with E-state index in [1.54, 1.807) is 13.2 Å². The topological polar surface area (TPSA) is 51.2 Å². The Morgan fingerprint density at radius 3 is 2.67 bits per heavy atom. The van der Waals surface area contributed by atoms with Crippen LogP contribution in [-0.4, -0.2) is 49.6 Å². The van der Waals surface area contributed by atoms with Crippen LogP contribution in [0.2, 0.25) is 5.02 Å². The Balaban J connectivity index is 1.91. The quantitative estimate of drug-likeness (QED) is 0.780. The molecule has 1 N–H and O–H groups in total. The van der Waals surface area contributed by atoms with Crippen LogP contribution in [0.15, 0.2) is 42.5 Å². The molecule has 1 fully saturated rings. The molecule has 1 heterocycles. The Morgan fingerprint density at radius 2 is 2.00 bits per heavy atom. The van der Waals surface area contributed by atoms with Crippen LogP contribution in [0.5, 0.6) is 11.5 Å². The second-order valence-corrected chi connectivity index (χ2v) is 6.85. The predicted octanol–water partition coefficient (Wildman–Crippen LogP) is 3.68. The van der Waals surface area contributed by atoms with Gasteiger partial charge in [-0.3, -0.25) is 4.90 Å². The number of nitrogens with zero attached hydrogens (tertiary/aromatic N) is 1. The SMILES string of the molecule is CCOc1cc(CN2CCO[C@H](CO)[C@H]2c2ccccc2)c(Cl)cc1OC. The summed E-state index contributed by atoms with van der Waals surface area (Å²) in [7, 11) is 1.60. The van der Waals surface area contributed by atoms with E-state index < -0.39 is 0 Å². The number of benzene rings is 2. The minimum absolute atomic E-state index is 0.0311. The van der Waals surface area contributed by atoms with Crippen molar-refractivity contribution in [2.75, 3.05) is 33.5 Å². The first-order chi connectivity index (χ1) is 13.2. The van der Waals surface area contributed by atoms with Crippen LogP contribution >= 0.6 is 11.6 Å². The lowest BCUT2D eigenvalue weighted by atomic mass is 9.97. The van der Waals surface area contributed by atoms with Crippen LogP contribution in [0.3, 0.4) is 0 Å². The molecule has 0 unspecified atom stereocenters. The van der Waals surface area contributed by atoms with Gasteiger partial charge in [-0.2, -0.15) is 0 Å². The van der Waals surface area contributed by atoms with Gasteiger partial charge in [0.15, 0.2) is 11.5 Å². The van der Waals surface area contributed by atoms with Gasteiger partial charge in [0.05, 0.1) is 33.0 Å². The van der Waals surface area contributed by atoms with Crippen LogP contribution in [0, 0.1) is 0 Å². The van der Waals surface area contributed by atoms with Gasteiger partial charge in [0.1, 0.15) is 6.10 Å². The molecule has 1 saturated heterocycles. The minimum Gasteiger partial charge on any atom is -0.493 e. The van der Waals surface area contributed by atoms with Gasteiger partial charge < -0.3 is 19.3 Å². The van der Waals surface area contributed by atoms with Crippen molar-refractivity contribution in [3.63, 3.8) is 0 Å². The molecule has 0 aromatic heterocycles. The van der Waals surface area contributed by atoms with Crippen LogP contribution in [0.1, 0.15) is 24.1 Å². The summed E-state index contributed by atoms with van der Waals surface area (Å²) in [6.45, 7) is 4.41. The number of rotatable bonds is 7. The molecule has 3 rings (SSSR count). The first kappa shape index (κ1) is 20.0. The smallest absolute Gasteiger partial charge is 0.162 e. The summed E-state index contributed by atoms with van der Waals surface area (Å²) in [5.74, 6) is 1.31. The molecule has 0 saturated carbocycles. The fraction of sp³-hybridized carbons (Fsp3) is 0.429. The molecule has 2 aromatic rings. The largest absolute Gasteiger partial charge is 0.493 e. The van der Waals surface area contributed by atoms with Gasteiger partial charge in [-0.1, -0.05) is 41.9 Å². The Morgan fingerprint density at radius 1 is 1.22 bits per heavy atom. The summed E-state index contributed by atoms with van der Waals surface area (Å²) in [6, 6.07) is 13.8. The second kappa shape index (κ2) is 9.42. The van der Waals surface area contributed by atoms with Gasteiger partial charge in [-0.05, 0) is 24.1 Å². The van der Waals surface area contributed by atoms with Crippen molar-refractivity contribution in [3.8, 4) is 11.5 Å². The fourth-order valence-electron chi connectivity index (χ4n) is 3.54. The number of morpholine rings is 1. The van der Waals surface area contributed by atoms with Gasteiger partial charge in [0, 0.05) is 24.2 Å². The lowest BCUT2D eigenvalue weighted by Gasteiger charge is -2.41. The van der Waals surface area contributed by atoms with Gasteiger partial charge in [0.25, 0.3) is 0 Å². The van der Waals surface area contributed by atoms with Crippen LogP contribution in [0.25, 0.3) is 0 Å². The first-order valence-electron chi connectivity index (χ1n) is 9.18. The normalized spacial score (nSPS) is 20.4. The molecule has 0 radical (unpaired) electrons. The maximum Gasteiger partial charge on any atom is 0.162 e. The van der Waals surface area contributed by atoms with Gasteiger partial charge in [0.2, 0.25) is 0 Å². The summed E-state index contributed by atoms with van der Waals surface area (Å²) >= 11 is 6.52. The number of methoxy groups -OCH3 is 1. The lowest BCUT2D eigenvalue weighted by Crippen LogP contribution is -2.46. The molecule has 0 spiro atoms. The maximum atomic E-state index is 9.83. The highest BCUT2D eigenvalue weighted by molar-refractivity contribution is 6.31. The van der Waals surface area contributed by atoms with Gasteiger partial charge >= 0.3 is 0 Å². The highest BCUT2D eigenvalue weighted by Crippen LogP contribution is 2.36. The molecule has 1 aliphatic heterocycles. The van der Waals surface area contributed by atoms with Gasteiger partial charge in [-0.25, -0.2) is 0 Å². The summed E-state index contributed by atoms with van der Waals surface area (Å²) in [6.07, 6.45) is -0.274. The monoisotopic (exact) mass is 391 g/mol. The van der Waals surface area contributed by atoms with Crippen molar-refractivity contribution in [2.45, 2.75) is 25.6 Å². The lowest BCUT2D eigenvalue weighted by molar-refractivity contribution is -0.0960. The van der Waals surface area contributed by atoms with E-state index in [0.29, 0.717) is 36.3 Å². The van der Waals surface area contributed by atoms with Crippen molar-refractivity contribution in [3.05, 3.63) is 58.6 Å². The molecular formula is C21H26ClNO4. The molecule has 146 valence electrons. The van der Waals surface area contributed by atoms with Crippen molar-refractivity contribution >= 4 is 11.6 Å². The number of aliphatic hydroxyl groups is 1. The zero-order valence-corrected chi connectivity index (χ0v) is 16.5. The van der Waals surface area contributed by atoms with Crippen molar-refractivity contribution in [1.82, 2.24) is 4.90 Å². The van der Waals surface area contributed by atoms with Crippen LogP contribution < -0.4 is 9.47 Å². The number of aliphatic hydroxyl groups excluding tert-OH is 1. The van der Waals surface area contributed by atoms with Crippen molar-refractivity contribution in [2.24, 2.45) is 0 Å². The van der Waals surface area contributed by atoms with Crippen molar-refractivity contribution in [1.29, 1.82) is 0 Å². The standard InChI is InChI=1S/C21H26ClNO4/c1-3-26-19-11-16(17(22)12-18(19)25-2)13-23-9-10-27-20(14-24)21(23)15-7-5-4-6-8-15/h4-8,11-12,20-21,24H,3,9-10,13-14H2,1-2H3/t20-,21-/m1/s1. The van der Waals surface area contributed by atoms with E-state index in [2.05, 4.69) is 17.0 Å². The third-order valence-electron chi connectivity index (χ3n) is 4.78. The summed E-state index contributed by atoms with van der Waals surface area (Å²) in [4.78, 5) is 2.29. The number of hydrogen-bond donors (Lipinski definition) is 1. The Labute approximate surface area is 165 Å². The molecule has 2 atom stereocenters. The Kier molecular flexibility index (Phi) is 6.96. The molecule has 0 amide bonds. The minimum atomic E-state index is -0.274. The van der Waals surface area contributed by atoms with E-state index in [-0.39, 0.29) is 18.8 Å². The van der Waals surface area contributed by atoms with E-state index in [9.17, 15) is 5.11 Å². The highest BCUT2D eigenvalue weighted by atomic mass is 35.5. The third kappa shape index (κ3) is 4.55. The Bertz CT molecular complexity index is 740. The molecule has 5 nitrogen and oxygen atoms in total. The zero-order chi connectivity index (χ0) is 19.2. The van der Waals surface area contributed by atoms with Gasteiger partial charge in [-0.15, -0.1) is 0 Å². The molecule has 6 heteroatoms. The first-order valence-corrected chi connectivity index (χ1v) is 9.56. The van der Waals surface area contributed by atoms with E-state index >= 15 is 0 Å². The molecule has 2 aromatic carbocycles. The van der Waals surface area contributed by atoms with Crippen molar-refractivity contribution < 1.29 is 19.3 Å². The fourth-order valence-corrected chi connectivity index (χ4v) is 3.75. The summed E-state index contributed by atoms with van der Waals surface area (Å²) in [5, 5.41) is 10.5. The summed E-state index contributed by atoms with van der Waals surface area (Å²) < 4.78 is 16.9. The molecule has 0 aliphatic carbocycles.